The minimum Gasteiger partial charge on any atom is -0.374 e. The molecule has 0 aromatic heterocycles. The summed E-state index contributed by atoms with van der Waals surface area (Å²) in [5.41, 5.74) is 9.98. The summed E-state index contributed by atoms with van der Waals surface area (Å²) in [5, 5.41) is 0. The maximum absolute atomic E-state index is 5.92. The van der Waals surface area contributed by atoms with Crippen LogP contribution in [0.2, 0.25) is 0 Å². The van der Waals surface area contributed by atoms with Crippen molar-refractivity contribution < 1.29 is 4.74 Å². The number of ether oxygens (including phenoxy) is 1. The summed E-state index contributed by atoms with van der Waals surface area (Å²) in [6, 6.07) is 6.85. The molecule has 0 aliphatic carbocycles. The Labute approximate surface area is 110 Å². The quantitative estimate of drug-likeness (QED) is 0.887. The summed E-state index contributed by atoms with van der Waals surface area (Å²) in [4.78, 5) is 2.44. The predicted molar refractivity (Wildman–Crippen MR) is 74.6 cm³/mol. The first-order valence-corrected chi connectivity index (χ1v) is 6.71. The summed E-state index contributed by atoms with van der Waals surface area (Å²) in [6.07, 6.45) is 0.171. The van der Waals surface area contributed by atoms with Gasteiger partial charge in [0.2, 0.25) is 0 Å². The van der Waals surface area contributed by atoms with Gasteiger partial charge >= 0.3 is 0 Å². The van der Waals surface area contributed by atoms with Gasteiger partial charge in [-0.15, -0.1) is 0 Å². The van der Waals surface area contributed by atoms with Crippen molar-refractivity contribution in [2.24, 2.45) is 5.73 Å². The lowest BCUT2D eigenvalue weighted by Crippen LogP contribution is -2.49. The van der Waals surface area contributed by atoms with Gasteiger partial charge in [-0.05, 0) is 26.3 Å². The third-order valence-electron chi connectivity index (χ3n) is 3.45. The predicted octanol–water partition coefficient (Wildman–Crippen LogP) is 1.85. The molecule has 2 N–H and O–H groups in total. The SMILES string of the molecule is Cc1cc(C)cc(CN2CCOC(C(C)N)C2)c1. The van der Waals surface area contributed by atoms with Crippen molar-refractivity contribution in [2.45, 2.75) is 39.5 Å². The van der Waals surface area contributed by atoms with Gasteiger partial charge in [0.25, 0.3) is 0 Å². The minimum absolute atomic E-state index is 0.104. The van der Waals surface area contributed by atoms with E-state index in [0.717, 1.165) is 26.2 Å². The number of nitrogens with two attached hydrogens (primary N) is 1. The second-order valence-electron chi connectivity index (χ2n) is 5.50. The Morgan fingerprint density at radius 2 is 2.00 bits per heavy atom. The summed E-state index contributed by atoms with van der Waals surface area (Å²) in [7, 11) is 0. The molecule has 1 fully saturated rings. The molecule has 2 unspecified atom stereocenters. The Morgan fingerprint density at radius 3 is 2.61 bits per heavy atom. The van der Waals surface area contributed by atoms with Crippen LogP contribution in [0.4, 0.5) is 0 Å². The maximum Gasteiger partial charge on any atom is 0.0850 e. The number of aryl methyl sites for hydroxylation is 2. The molecule has 2 rings (SSSR count). The molecular weight excluding hydrogens is 224 g/mol. The van der Waals surface area contributed by atoms with E-state index in [1.807, 2.05) is 6.92 Å². The fourth-order valence-corrected chi connectivity index (χ4v) is 2.61. The van der Waals surface area contributed by atoms with Crippen LogP contribution in [0.1, 0.15) is 23.6 Å². The third-order valence-corrected chi connectivity index (χ3v) is 3.45. The first-order valence-electron chi connectivity index (χ1n) is 6.71. The number of hydrogen-bond acceptors (Lipinski definition) is 3. The molecule has 0 bridgehead atoms. The molecule has 2 atom stereocenters. The highest BCUT2D eigenvalue weighted by molar-refractivity contribution is 5.28. The van der Waals surface area contributed by atoms with Gasteiger partial charge in [-0.3, -0.25) is 4.90 Å². The van der Waals surface area contributed by atoms with Gasteiger partial charge in [0.1, 0.15) is 0 Å². The molecule has 3 nitrogen and oxygen atoms in total. The van der Waals surface area contributed by atoms with E-state index in [4.69, 9.17) is 10.5 Å². The first kappa shape index (κ1) is 13.5. The van der Waals surface area contributed by atoms with E-state index in [1.165, 1.54) is 16.7 Å². The van der Waals surface area contributed by atoms with E-state index in [9.17, 15) is 0 Å². The van der Waals surface area contributed by atoms with Gasteiger partial charge in [0.15, 0.2) is 0 Å². The molecule has 1 saturated heterocycles. The van der Waals surface area contributed by atoms with E-state index in [-0.39, 0.29) is 12.1 Å². The Morgan fingerprint density at radius 1 is 1.33 bits per heavy atom. The fourth-order valence-electron chi connectivity index (χ4n) is 2.61. The smallest absolute Gasteiger partial charge is 0.0850 e. The lowest BCUT2D eigenvalue weighted by Gasteiger charge is -2.34. The number of rotatable bonds is 3. The minimum atomic E-state index is 0.104. The highest BCUT2D eigenvalue weighted by Crippen LogP contribution is 2.14. The van der Waals surface area contributed by atoms with Crippen molar-refractivity contribution in [1.82, 2.24) is 4.90 Å². The van der Waals surface area contributed by atoms with Crippen LogP contribution in [0.3, 0.4) is 0 Å². The monoisotopic (exact) mass is 248 g/mol. The van der Waals surface area contributed by atoms with Crippen molar-refractivity contribution in [3.8, 4) is 0 Å². The van der Waals surface area contributed by atoms with Crippen molar-refractivity contribution >= 4 is 0 Å². The van der Waals surface area contributed by atoms with Crippen LogP contribution in [-0.4, -0.2) is 36.7 Å². The third kappa shape index (κ3) is 3.55. The van der Waals surface area contributed by atoms with Crippen molar-refractivity contribution in [2.75, 3.05) is 19.7 Å². The van der Waals surface area contributed by atoms with Crippen molar-refractivity contribution in [3.05, 3.63) is 34.9 Å². The van der Waals surface area contributed by atoms with Gasteiger partial charge in [-0.25, -0.2) is 0 Å². The molecule has 0 amide bonds. The number of morpholine rings is 1. The van der Waals surface area contributed by atoms with Gasteiger partial charge in [0.05, 0.1) is 12.7 Å². The summed E-state index contributed by atoms with van der Waals surface area (Å²) < 4.78 is 5.69. The zero-order chi connectivity index (χ0) is 13.1. The first-order chi connectivity index (χ1) is 8.54. The van der Waals surface area contributed by atoms with Gasteiger partial charge in [-0.2, -0.15) is 0 Å². The number of hydrogen-bond donors (Lipinski definition) is 1. The normalized spacial score (nSPS) is 23.0. The van der Waals surface area contributed by atoms with Crippen LogP contribution in [-0.2, 0) is 11.3 Å². The van der Waals surface area contributed by atoms with Crippen LogP contribution >= 0.6 is 0 Å². The molecule has 18 heavy (non-hydrogen) atoms. The van der Waals surface area contributed by atoms with E-state index < -0.39 is 0 Å². The highest BCUT2D eigenvalue weighted by Gasteiger charge is 2.23. The molecule has 1 aromatic rings. The Kier molecular flexibility index (Phi) is 4.38. The maximum atomic E-state index is 5.92. The van der Waals surface area contributed by atoms with Crippen LogP contribution in [0, 0.1) is 13.8 Å². The van der Waals surface area contributed by atoms with Gasteiger partial charge in [-0.1, -0.05) is 29.3 Å². The van der Waals surface area contributed by atoms with Crippen LogP contribution in [0.15, 0.2) is 18.2 Å². The standard InChI is InChI=1S/C15H24N2O/c1-11-6-12(2)8-14(7-11)9-17-4-5-18-15(10-17)13(3)16/h6-8,13,15H,4-5,9-10,16H2,1-3H3. The molecule has 0 spiro atoms. The topological polar surface area (TPSA) is 38.5 Å². The molecule has 1 aliphatic heterocycles. The molecule has 1 aromatic carbocycles. The molecular formula is C15H24N2O. The molecule has 3 heteroatoms. The van der Waals surface area contributed by atoms with Crippen molar-refractivity contribution in [1.29, 1.82) is 0 Å². The van der Waals surface area contributed by atoms with E-state index in [2.05, 4.69) is 36.9 Å². The van der Waals surface area contributed by atoms with Crippen LogP contribution < -0.4 is 5.73 Å². The average molecular weight is 248 g/mol. The lowest BCUT2D eigenvalue weighted by atomic mass is 10.1. The fraction of sp³-hybridized carbons (Fsp3) is 0.600. The largest absolute Gasteiger partial charge is 0.374 e. The molecule has 1 aliphatic rings. The highest BCUT2D eigenvalue weighted by atomic mass is 16.5. The van der Waals surface area contributed by atoms with E-state index >= 15 is 0 Å². The van der Waals surface area contributed by atoms with Crippen LogP contribution in [0.5, 0.6) is 0 Å². The second kappa shape index (κ2) is 5.83. The Hall–Kier alpha value is -0.900. The Balaban J connectivity index is 2.00. The molecule has 1 heterocycles. The lowest BCUT2D eigenvalue weighted by molar-refractivity contribution is -0.0403. The molecule has 0 saturated carbocycles. The summed E-state index contributed by atoms with van der Waals surface area (Å²) in [6.45, 7) is 10.0. The van der Waals surface area contributed by atoms with Gasteiger partial charge in [0, 0.05) is 25.7 Å². The van der Waals surface area contributed by atoms with E-state index in [1.54, 1.807) is 0 Å². The zero-order valence-corrected chi connectivity index (χ0v) is 11.6. The number of nitrogens with zero attached hydrogens (tertiary/aromatic N) is 1. The summed E-state index contributed by atoms with van der Waals surface area (Å²) in [5.74, 6) is 0. The molecule has 100 valence electrons. The van der Waals surface area contributed by atoms with Crippen molar-refractivity contribution in [3.63, 3.8) is 0 Å². The average Bonchev–Trinajstić information content (AvgIpc) is 2.27. The molecule has 0 radical (unpaired) electrons. The van der Waals surface area contributed by atoms with E-state index in [0.29, 0.717) is 0 Å². The van der Waals surface area contributed by atoms with Crippen LogP contribution in [0.25, 0.3) is 0 Å². The zero-order valence-electron chi connectivity index (χ0n) is 11.6. The Bertz CT molecular complexity index is 383. The second-order valence-corrected chi connectivity index (χ2v) is 5.50. The van der Waals surface area contributed by atoms with Gasteiger partial charge < -0.3 is 10.5 Å². The number of benzene rings is 1. The summed E-state index contributed by atoms with van der Waals surface area (Å²) >= 11 is 0.